The number of thiazole rings is 1. The minimum atomic E-state index is -0.369. The van der Waals surface area contributed by atoms with E-state index in [0.29, 0.717) is 10.6 Å². The van der Waals surface area contributed by atoms with Gasteiger partial charge in [0.1, 0.15) is 0 Å². The van der Waals surface area contributed by atoms with Gasteiger partial charge in [0.2, 0.25) is 5.78 Å². The van der Waals surface area contributed by atoms with Gasteiger partial charge in [-0.3, -0.25) is 9.59 Å². The van der Waals surface area contributed by atoms with E-state index in [1.54, 1.807) is 13.0 Å². The third-order valence-corrected chi connectivity index (χ3v) is 3.41. The van der Waals surface area contributed by atoms with E-state index < -0.39 is 0 Å². The molecule has 18 heavy (non-hydrogen) atoms. The van der Waals surface area contributed by atoms with Crippen LogP contribution in [0.2, 0.25) is 0 Å². The van der Waals surface area contributed by atoms with Gasteiger partial charge in [0.25, 0.3) is 0 Å². The van der Waals surface area contributed by atoms with Crippen molar-refractivity contribution in [3.63, 3.8) is 0 Å². The molecule has 0 aliphatic carbocycles. The minimum absolute atomic E-state index is 0.0738. The Hall–Kier alpha value is -1.95. The first-order chi connectivity index (χ1) is 8.58. The summed E-state index contributed by atoms with van der Waals surface area (Å²) >= 11 is 1.31. The van der Waals surface area contributed by atoms with Crippen molar-refractivity contribution in [1.82, 2.24) is 15.0 Å². The molecule has 0 saturated heterocycles. The van der Waals surface area contributed by atoms with Crippen molar-refractivity contribution >= 4 is 22.9 Å². The molecule has 0 aromatic carbocycles. The number of carbonyl (C=O) groups excluding carboxylic acids is 2. The summed E-state index contributed by atoms with van der Waals surface area (Å²) in [7, 11) is 0. The standard InChI is InChI=1S/C12H11N3O2S/c1-7-11(18-8(2)15-7)9(16)6-10(17)12-13-4-3-5-14-12/h3-5H,6H2,1-2H3. The van der Waals surface area contributed by atoms with Crippen LogP contribution in [-0.2, 0) is 0 Å². The van der Waals surface area contributed by atoms with Crippen LogP contribution >= 0.6 is 11.3 Å². The van der Waals surface area contributed by atoms with Gasteiger partial charge in [0, 0.05) is 12.4 Å². The van der Waals surface area contributed by atoms with E-state index in [2.05, 4.69) is 15.0 Å². The smallest absolute Gasteiger partial charge is 0.207 e. The maximum absolute atomic E-state index is 12.0. The van der Waals surface area contributed by atoms with Gasteiger partial charge in [-0.05, 0) is 19.9 Å². The molecule has 0 amide bonds. The highest BCUT2D eigenvalue weighted by Crippen LogP contribution is 2.19. The zero-order valence-electron chi connectivity index (χ0n) is 10.0. The molecule has 0 aliphatic rings. The first-order valence-electron chi connectivity index (χ1n) is 5.35. The van der Waals surface area contributed by atoms with Crippen molar-refractivity contribution in [3.05, 3.63) is 39.9 Å². The van der Waals surface area contributed by atoms with Gasteiger partial charge in [-0.2, -0.15) is 0 Å². The number of carbonyl (C=O) groups is 2. The molecule has 0 spiro atoms. The summed E-state index contributed by atoms with van der Waals surface area (Å²) in [6, 6.07) is 1.62. The van der Waals surface area contributed by atoms with Crippen LogP contribution in [-0.4, -0.2) is 26.5 Å². The van der Waals surface area contributed by atoms with Crippen LogP contribution in [0.3, 0.4) is 0 Å². The fourth-order valence-electron chi connectivity index (χ4n) is 1.54. The van der Waals surface area contributed by atoms with Gasteiger partial charge in [0.15, 0.2) is 11.6 Å². The molecular weight excluding hydrogens is 250 g/mol. The van der Waals surface area contributed by atoms with Crippen LogP contribution in [0.15, 0.2) is 18.5 Å². The molecule has 6 heteroatoms. The number of rotatable bonds is 4. The summed E-state index contributed by atoms with van der Waals surface area (Å²) in [5.41, 5.74) is 0.671. The Labute approximate surface area is 108 Å². The molecule has 2 aromatic heterocycles. The Balaban J connectivity index is 2.13. The second-order valence-electron chi connectivity index (χ2n) is 3.74. The molecule has 0 atom stereocenters. The monoisotopic (exact) mass is 261 g/mol. The summed E-state index contributed by atoms with van der Waals surface area (Å²) in [5.74, 6) is -0.522. The van der Waals surface area contributed by atoms with Gasteiger partial charge >= 0.3 is 0 Å². The van der Waals surface area contributed by atoms with Crippen LogP contribution in [0, 0.1) is 13.8 Å². The van der Waals surface area contributed by atoms with Crippen molar-refractivity contribution in [1.29, 1.82) is 0 Å². The molecule has 2 aromatic rings. The number of hydrogen-bond acceptors (Lipinski definition) is 6. The lowest BCUT2D eigenvalue weighted by atomic mass is 10.1. The SMILES string of the molecule is Cc1nc(C)c(C(=O)CC(=O)c2ncccn2)s1. The minimum Gasteiger partial charge on any atom is -0.293 e. The van der Waals surface area contributed by atoms with E-state index in [0.717, 1.165) is 5.01 Å². The van der Waals surface area contributed by atoms with E-state index in [-0.39, 0.29) is 23.8 Å². The van der Waals surface area contributed by atoms with Crippen LogP contribution in [0.5, 0.6) is 0 Å². The van der Waals surface area contributed by atoms with Crippen molar-refractivity contribution in [2.24, 2.45) is 0 Å². The lowest BCUT2D eigenvalue weighted by Gasteiger charge is -1.98. The van der Waals surface area contributed by atoms with E-state index in [1.165, 1.54) is 23.7 Å². The number of aryl methyl sites for hydroxylation is 2. The maximum Gasteiger partial charge on any atom is 0.207 e. The predicted molar refractivity (Wildman–Crippen MR) is 66.9 cm³/mol. The summed E-state index contributed by atoms with van der Waals surface area (Å²) in [4.78, 5) is 36.1. The highest BCUT2D eigenvalue weighted by Gasteiger charge is 2.19. The molecule has 2 heterocycles. The summed E-state index contributed by atoms with van der Waals surface area (Å²) in [6.45, 7) is 3.59. The van der Waals surface area contributed by atoms with Gasteiger partial charge < -0.3 is 0 Å². The van der Waals surface area contributed by atoms with Crippen molar-refractivity contribution < 1.29 is 9.59 Å². The predicted octanol–water partition coefficient (Wildman–Crippen LogP) is 2.01. The number of Topliss-reactive ketones (excluding diaryl/α,β-unsaturated/α-hetero) is 2. The fourth-order valence-corrected chi connectivity index (χ4v) is 2.40. The van der Waals surface area contributed by atoms with Crippen molar-refractivity contribution in [3.8, 4) is 0 Å². The quantitative estimate of drug-likeness (QED) is 0.621. The van der Waals surface area contributed by atoms with Crippen LogP contribution < -0.4 is 0 Å². The van der Waals surface area contributed by atoms with Crippen LogP contribution in [0.25, 0.3) is 0 Å². The lowest BCUT2D eigenvalue weighted by Crippen LogP contribution is -2.11. The first kappa shape index (κ1) is 12.5. The Morgan fingerprint density at radius 1 is 1.17 bits per heavy atom. The molecule has 0 saturated carbocycles. The van der Waals surface area contributed by atoms with Crippen molar-refractivity contribution in [2.75, 3.05) is 0 Å². The number of nitrogens with zero attached hydrogens (tertiary/aromatic N) is 3. The zero-order valence-corrected chi connectivity index (χ0v) is 10.8. The highest BCUT2D eigenvalue weighted by molar-refractivity contribution is 7.13. The normalized spacial score (nSPS) is 10.3. The van der Waals surface area contributed by atoms with E-state index in [9.17, 15) is 9.59 Å². The molecule has 5 nitrogen and oxygen atoms in total. The molecule has 0 aliphatic heterocycles. The highest BCUT2D eigenvalue weighted by atomic mass is 32.1. The van der Waals surface area contributed by atoms with Gasteiger partial charge in [-0.1, -0.05) is 0 Å². The van der Waals surface area contributed by atoms with Gasteiger partial charge in [-0.15, -0.1) is 11.3 Å². The molecule has 0 radical (unpaired) electrons. The summed E-state index contributed by atoms with van der Waals surface area (Å²) < 4.78 is 0. The Morgan fingerprint density at radius 2 is 1.83 bits per heavy atom. The molecule has 0 N–H and O–H groups in total. The van der Waals surface area contributed by atoms with E-state index >= 15 is 0 Å². The van der Waals surface area contributed by atoms with Gasteiger partial charge in [0.05, 0.1) is 22.0 Å². The third kappa shape index (κ3) is 2.65. The Bertz CT molecular complexity index is 593. The zero-order chi connectivity index (χ0) is 13.1. The van der Waals surface area contributed by atoms with E-state index in [4.69, 9.17) is 0 Å². The number of hydrogen-bond donors (Lipinski definition) is 0. The molecule has 0 unspecified atom stereocenters. The average Bonchev–Trinajstić information content (AvgIpc) is 2.69. The average molecular weight is 261 g/mol. The summed E-state index contributed by atoms with van der Waals surface area (Å²) in [6.07, 6.45) is 2.74. The number of aromatic nitrogens is 3. The lowest BCUT2D eigenvalue weighted by molar-refractivity contribution is 0.0890. The molecule has 0 fully saturated rings. The molecule has 2 rings (SSSR count). The Kier molecular flexibility index (Phi) is 3.57. The third-order valence-electron chi connectivity index (χ3n) is 2.29. The number of ketones is 2. The second kappa shape index (κ2) is 5.14. The van der Waals surface area contributed by atoms with Gasteiger partial charge in [-0.25, -0.2) is 15.0 Å². The maximum atomic E-state index is 12.0. The van der Waals surface area contributed by atoms with E-state index in [1.807, 2.05) is 6.92 Å². The van der Waals surface area contributed by atoms with Crippen LogP contribution in [0.4, 0.5) is 0 Å². The second-order valence-corrected chi connectivity index (χ2v) is 4.95. The fraction of sp³-hybridized carbons (Fsp3) is 0.250. The van der Waals surface area contributed by atoms with Crippen molar-refractivity contribution in [2.45, 2.75) is 20.3 Å². The first-order valence-corrected chi connectivity index (χ1v) is 6.17. The molecule has 92 valence electrons. The topological polar surface area (TPSA) is 72.8 Å². The largest absolute Gasteiger partial charge is 0.293 e. The summed E-state index contributed by atoms with van der Waals surface area (Å²) in [5, 5.41) is 0.819. The molecular formula is C12H11N3O2S. The van der Waals surface area contributed by atoms with Crippen LogP contribution in [0.1, 0.15) is 37.4 Å². The Morgan fingerprint density at radius 3 is 2.39 bits per heavy atom. The molecule has 0 bridgehead atoms.